The zero-order chi connectivity index (χ0) is 15.9. The van der Waals surface area contributed by atoms with Crippen molar-refractivity contribution in [2.45, 2.75) is 12.8 Å². The molecule has 2 aromatic carbocycles. The zero-order valence-electron chi connectivity index (χ0n) is 12.3. The second-order valence-corrected chi connectivity index (χ2v) is 4.78. The summed E-state index contributed by atoms with van der Waals surface area (Å²) in [6.07, 6.45) is 1.90. The van der Waals surface area contributed by atoms with Gasteiger partial charge >= 0.3 is 0 Å². The van der Waals surface area contributed by atoms with E-state index >= 15 is 0 Å². The van der Waals surface area contributed by atoms with Gasteiger partial charge in [-0.3, -0.25) is 0 Å². The Labute approximate surface area is 142 Å². The molecule has 0 atom stereocenters. The lowest BCUT2D eigenvalue weighted by Crippen LogP contribution is -1.87. The normalized spacial score (nSPS) is 8.73. The highest BCUT2D eigenvalue weighted by molar-refractivity contribution is 7.78. The average Bonchev–Trinajstić information content (AvgIpc) is 2.58. The quantitative estimate of drug-likeness (QED) is 0.569. The summed E-state index contributed by atoms with van der Waals surface area (Å²) in [5.74, 6) is 0. The van der Waals surface area contributed by atoms with E-state index in [1.165, 1.54) is 11.1 Å². The van der Waals surface area contributed by atoms with E-state index in [9.17, 15) is 0 Å². The lowest BCUT2D eigenvalue weighted by molar-refractivity contribution is 0.976. The third-order valence-corrected chi connectivity index (χ3v) is 3.10. The molecular weight excluding hydrogens is 308 g/mol. The second kappa shape index (κ2) is 12.8. The summed E-state index contributed by atoms with van der Waals surface area (Å²) in [6, 6.07) is 20.4. The predicted molar refractivity (Wildman–Crippen MR) is 100 cm³/mol. The summed E-state index contributed by atoms with van der Waals surface area (Å²) in [5.41, 5.74) is 2.59. The molecule has 22 heavy (non-hydrogen) atoms. The summed E-state index contributed by atoms with van der Waals surface area (Å²) in [7, 11) is 0. The molecule has 0 spiro atoms. The van der Waals surface area contributed by atoms with Crippen LogP contribution in [0, 0.1) is 0 Å². The topological polar surface area (TPSA) is 24.7 Å². The van der Waals surface area contributed by atoms with Gasteiger partial charge in [-0.05, 0) is 48.4 Å². The van der Waals surface area contributed by atoms with Gasteiger partial charge in [0.25, 0.3) is 0 Å². The average molecular weight is 326 g/mol. The van der Waals surface area contributed by atoms with E-state index in [2.05, 4.69) is 69.0 Å². The molecule has 0 amide bonds. The molecule has 2 rings (SSSR count). The van der Waals surface area contributed by atoms with E-state index in [0.717, 1.165) is 25.9 Å². The number of hydrogen-bond donors (Lipinski definition) is 0. The van der Waals surface area contributed by atoms with Crippen LogP contribution in [-0.4, -0.2) is 23.4 Å². The molecule has 0 bridgehead atoms. The van der Waals surface area contributed by atoms with E-state index in [0.29, 0.717) is 0 Å². The van der Waals surface area contributed by atoms with Crippen LogP contribution in [0.15, 0.2) is 70.6 Å². The monoisotopic (exact) mass is 326 g/mol. The zero-order valence-corrected chi connectivity index (χ0v) is 13.9. The van der Waals surface area contributed by atoms with Crippen LogP contribution in [-0.2, 0) is 12.8 Å². The van der Waals surface area contributed by atoms with E-state index < -0.39 is 0 Å². The summed E-state index contributed by atoms with van der Waals surface area (Å²) in [5, 5.41) is 4.69. The van der Waals surface area contributed by atoms with Gasteiger partial charge in [0.15, 0.2) is 0 Å². The summed E-state index contributed by atoms with van der Waals surface area (Å²) >= 11 is 8.90. The highest BCUT2D eigenvalue weighted by atomic mass is 32.1. The molecule has 2 aromatic rings. The smallest absolute Gasteiger partial charge is 0.0585 e. The van der Waals surface area contributed by atoms with Crippen molar-refractivity contribution in [2.75, 3.05) is 13.1 Å². The minimum absolute atomic E-state index is 0.744. The first kappa shape index (κ1) is 18.1. The van der Waals surface area contributed by atoms with E-state index in [-0.39, 0.29) is 0 Å². The van der Waals surface area contributed by atoms with Gasteiger partial charge in [-0.25, -0.2) is 9.98 Å². The van der Waals surface area contributed by atoms with Crippen molar-refractivity contribution in [1.82, 2.24) is 0 Å². The second-order valence-electron chi connectivity index (χ2n) is 4.42. The molecular formula is C18H18N2S2. The molecule has 4 heteroatoms. The van der Waals surface area contributed by atoms with Crippen LogP contribution >= 0.6 is 24.4 Å². The molecule has 0 fully saturated rings. The number of aliphatic imine (C=N–C) groups is 2. The first-order chi connectivity index (χ1) is 10.9. The van der Waals surface area contributed by atoms with Crippen molar-refractivity contribution in [3.63, 3.8) is 0 Å². The van der Waals surface area contributed by atoms with Crippen molar-refractivity contribution >= 4 is 34.8 Å². The molecule has 2 nitrogen and oxygen atoms in total. The molecule has 0 unspecified atom stereocenters. The molecule has 112 valence electrons. The molecule has 0 saturated heterocycles. The first-order valence-electron chi connectivity index (χ1n) is 7.02. The molecule has 0 aliphatic rings. The third-order valence-electron chi connectivity index (χ3n) is 2.84. The number of nitrogens with zero attached hydrogens (tertiary/aromatic N) is 2. The number of benzene rings is 2. The van der Waals surface area contributed by atoms with Gasteiger partial charge in [0.2, 0.25) is 0 Å². The van der Waals surface area contributed by atoms with Crippen molar-refractivity contribution in [3.05, 3.63) is 71.8 Å². The van der Waals surface area contributed by atoms with Crippen LogP contribution in [0.2, 0.25) is 0 Å². The molecule has 0 aliphatic heterocycles. The van der Waals surface area contributed by atoms with E-state index in [1.807, 2.05) is 36.4 Å². The number of thiocarbonyl (C=S) groups is 2. The molecule has 0 N–H and O–H groups in total. The summed E-state index contributed by atoms with van der Waals surface area (Å²) in [6.45, 7) is 1.49. The minimum Gasteiger partial charge on any atom is -0.232 e. The number of hydrogen-bond acceptors (Lipinski definition) is 4. The Morgan fingerprint density at radius 1 is 0.636 bits per heavy atom. The number of rotatable bonds is 6. The fourth-order valence-electron chi connectivity index (χ4n) is 1.75. The van der Waals surface area contributed by atoms with Gasteiger partial charge in [-0.15, -0.1) is 0 Å². The van der Waals surface area contributed by atoms with Crippen LogP contribution in [0.1, 0.15) is 11.1 Å². The van der Waals surface area contributed by atoms with Gasteiger partial charge in [0.1, 0.15) is 0 Å². The Balaban J connectivity index is 0.000000220. The van der Waals surface area contributed by atoms with Crippen LogP contribution < -0.4 is 0 Å². The van der Waals surface area contributed by atoms with Gasteiger partial charge in [-0.2, -0.15) is 0 Å². The van der Waals surface area contributed by atoms with Crippen LogP contribution in [0.5, 0.6) is 0 Å². The highest BCUT2D eigenvalue weighted by Crippen LogP contribution is 1.99. The SMILES string of the molecule is S=C=NCCc1ccccc1.S=C=NCCc1ccccc1. The summed E-state index contributed by atoms with van der Waals surface area (Å²) in [4.78, 5) is 7.66. The number of isothiocyanates is 2. The molecule has 0 aliphatic carbocycles. The molecule has 0 heterocycles. The minimum atomic E-state index is 0.744. The Bertz CT molecular complexity index is 557. The van der Waals surface area contributed by atoms with Crippen molar-refractivity contribution in [3.8, 4) is 0 Å². The van der Waals surface area contributed by atoms with Gasteiger partial charge in [0.05, 0.1) is 23.4 Å². The maximum absolute atomic E-state index is 4.45. The van der Waals surface area contributed by atoms with Crippen molar-refractivity contribution < 1.29 is 0 Å². The molecule has 0 radical (unpaired) electrons. The van der Waals surface area contributed by atoms with E-state index in [1.54, 1.807) is 0 Å². The fraction of sp³-hybridized carbons (Fsp3) is 0.222. The first-order valence-corrected chi connectivity index (χ1v) is 7.83. The molecule has 0 aromatic heterocycles. The lowest BCUT2D eigenvalue weighted by Gasteiger charge is -1.94. The lowest BCUT2D eigenvalue weighted by atomic mass is 10.2. The summed E-state index contributed by atoms with van der Waals surface area (Å²) < 4.78 is 0. The Morgan fingerprint density at radius 2 is 1.00 bits per heavy atom. The van der Waals surface area contributed by atoms with Gasteiger partial charge in [-0.1, -0.05) is 60.7 Å². The maximum atomic E-state index is 4.45. The Kier molecular flexibility index (Phi) is 10.5. The third kappa shape index (κ3) is 9.06. The maximum Gasteiger partial charge on any atom is 0.0585 e. The van der Waals surface area contributed by atoms with Gasteiger partial charge in [0, 0.05) is 0 Å². The standard InChI is InChI=1S/2C9H9NS/c2*11-8-10-7-6-9-4-2-1-3-5-9/h2*1-5H,6-7H2. The molecule has 0 saturated carbocycles. The van der Waals surface area contributed by atoms with Crippen LogP contribution in [0.3, 0.4) is 0 Å². The Morgan fingerprint density at radius 3 is 1.32 bits per heavy atom. The Hall–Kier alpha value is -1.96. The predicted octanol–water partition coefficient (Wildman–Crippen LogP) is 4.66. The van der Waals surface area contributed by atoms with Crippen molar-refractivity contribution in [2.24, 2.45) is 9.98 Å². The van der Waals surface area contributed by atoms with Crippen LogP contribution in [0.25, 0.3) is 0 Å². The van der Waals surface area contributed by atoms with Crippen molar-refractivity contribution in [1.29, 1.82) is 0 Å². The van der Waals surface area contributed by atoms with Gasteiger partial charge < -0.3 is 0 Å². The highest BCUT2D eigenvalue weighted by Gasteiger charge is 1.88. The fourth-order valence-corrected chi connectivity index (χ4v) is 1.93. The van der Waals surface area contributed by atoms with E-state index in [4.69, 9.17) is 0 Å². The van der Waals surface area contributed by atoms with Crippen LogP contribution in [0.4, 0.5) is 0 Å². The largest absolute Gasteiger partial charge is 0.232 e.